The van der Waals surface area contributed by atoms with Crippen LogP contribution in [0.15, 0.2) is 91.0 Å². The zero-order valence-corrected chi connectivity index (χ0v) is 18.0. The van der Waals surface area contributed by atoms with E-state index in [1.165, 1.54) is 0 Å². The molecule has 2 amide bonds. The third kappa shape index (κ3) is 6.82. The highest BCUT2D eigenvalue weighted by Gasteiger charge is 2.30. The second kappa shape index (κ2) is 11.7. The van der Waals surface area contributed by atoms with Crippen molar-refractivity contribution in [1.29, 1.82) is 0 Å². The lowest BCUT2D eigenvalue weighted by Gasteiger charge is -2.31. The molecule has 3 rings (SSSR count). The fraction of sp³-hybridized carbons (Fsp3) is 0.259. The van der Waals surface area contributed by atoms with Crippen molar-refractivity contribution in [2.75, 3.05) is 6.54 Å². The van der Waals surface area contributed by atoms with Gasteiger partial charge in [-0.15, -0.1) is 0 Å². The summed E-state index contributed by atoms with van der Waals surface area (Å²) < 4.78 is 0. The third-order valence-corrected chi connectivity index (χ3v) is 5.21. The Hall–Kier alpha value is -3.40. The summed E-state index contributed by atoms with van der Waals surface area (Å²) in [7, 11) is 0. The zero-order chi connectivity index (χ0) is 21.9. The molecule has 1 atom stereocenters. The smallest absolute Gasteiger partial charge is 0.243 e. The lowest BCUT2D eigenvalue weighted by molar-refractivity contribution is -0.140. The largest absolute Gasteiger partial charge is 0.354 e. The van der Waals surface area contributed by atoms with Crippen LogP contribution in [0.2, 0.25) is 0 Å². The van der Waals surface area contributed by atoms with Gasteiger partial charge in [-0.1, -0.05) is 97.9 Å². The number of carbonyl (C=O) groups excluding carboxylic acids is 2. The molecule has 0 saturated carbocycles. The Morgan fingerprint density at radius 3 is 1.84 bits per heavy atom. The number of nitrogens with one attached hydrogen (secondary N) is 1. The molecule has 0 aliphatic rings. The van der Waals surface area contributed by atoms with Gasteiger partial charge in [-0.2, -0.15) is 0 Å². The van der Waals surface area contributed by atoms with Gasteiger partial charge in [0, 0.05) is 19.5 Å². The van der Waals surface area contributed by atoms with Crippen molar-refractivity contribution in [3.63, 3.8) is 0 Å². The van der Waals surface area contributed by atoms with Crippen molar-refractivity contribution in [3.8, 4) is 0 Å². The first-order valence-electron chi connectivity index (χ1n) is 10.9. The number of benzene rings is 3. The average Bonchev–Trinajstić information content (AvgIpc) is 2.81. The number of amides is 2. The van der Waals surface area contributed by atoms with Gasteiger partial charge >= 0.3 is 0 Å². The fourth-order valence-corrected chi connectivity index (χ4v) is 3.57. The normalized spacial score (nSPS) is 11.5. The second-order valence-electron chi connectivity index (χ2n) is 7.67. The number of rotatable bonds is 10. The fourth-order valence-electron chi connectivity index (χ4n) is 3.57. The van der Waals surface area contributed by atoms with Crippen LogP contribution >= 0.6 is 0 Å². The van der Waals surface area contributed by atoms with Crippen molar-refractivity contribution in [1.82, 2.24) is 10.2 Å². The van der Waals surface area contributed by atoms with Crippen LogP contribution < -0.4 is 5.32 Å². The number of nitrogens with zero attached hydrogens (tertiary/aromatic N) is 1. The molecule has 0 aliphatic heterocycles. The molecule has 4 nitrogen and oxygen atoms in total. The van der Waals surface area contributed by atoms with E-state index in [0.29, 0.717) is 19.5 Å². The summed E-state index contributed by atoms with van der Waals surface area (Å²) in [6, 6.07) is 28.8. The lowest BCUT2D eigenvalue weighted by atomic mass is 10.0. The van der Waals surface area contributed by atoms with Gasteiger partial charge in [0.25, 0.3) is 0 Å². The van der Waals surface area contributed by atoms with Crippen LogP contribution in [0.4, 0.5) is 0 Å². The predicted octanol–water partition coefficient (Wildman–Crippen LogP) is 4.40. The van der Waals surface area contributed by atoms with E-state index in [9.17, 15) is 9.59 Å². The minimum Gasteiger partial charge on any atom is -0.354 e. The van der Waals surface area contributed by atoms with E-state index in [2.05, 4.69) is 5.32 Å². The van der Waals surface area contributed by atoms with Crippen LogP contribution in [0.3, 0.4) is 0 Å². The van der Waals surface area contributed by atoms with Crippen molar-refractivity contribution in [2.45, 2.75) is 38.8 Å². The Balaban J connectivity index is 1.91. The van der Waals surface area contributed by atoms with E-state index in [0.717, 1.165) is 23.1 Å². The Bertz CT molecular complexity index is 943. The SMILES string of the molecule is CCCNC(=O)[C@H](Cc1ccccc1)N(Cc1ccccc1)C(=O)Cc1ccccc1. The maximum atomic E-state index is 13.5. The van der Waals surface area contributed by atoms with Crippen molar-refractivity contribution in [2.24, 2.45) is 0 Å². The van der Waals surface area contributed by atoms with Crippen LogP contribution in [0, 0.1) is 0 Å². The Morgan fingerprint density at radius 1 is 0.774 bits per heavy atom. The van der Waals surface area contributed by atoms with Crippen molar-refractivity contribution >= 4 is 11.8 Å². The molecule has 160 valence electrons. The summed E-state index contributed by atoms with van der Waals surface area (Å²) in [4.78, 5) is 28.4. The molecule has 0 aliphatic carbocycles. The molecule has 31 heavy (non-hydrogen) atoms. The molecular weight excluding hydrogens is 384 g/mol. The van der Waals surface area contributed by atoms with Crippen LogP contribution in [-0.2, 0) is 29.0 Å². The van der Waals surface area contributed by atoms with Gasteiger partial charge in [0.05, 0.1) is 6.42 Å². The minimum absolute atomic E-state index is 0.0531. The highest BCUT2D eigenvalue weighted by atomic mass is 16.2. The summed E-state index contributed by atoms with van der Waals surface area (Å²) in [6.07, 6.45) is 1.59. The molecule has 0 spiro atoms. The first-order chi connectivity index (χ1) is 15.2. The molecular formula is C27H30N2O2. The summed E-state index contributed by atoms with van der Waals surface area (Å²) in [5.41, 5.74) is 2.98. The first-order valence-corrected chi connectivity index (χ1v) is 10.9. The predicted molar refractivity (Wildman–Crippen MR) is 124 cm³/mol. The monoisotopic (exact) mass is 414 g/mol. The molecule has 4 heteroatoms. The highest BCUT2D eigenvalue weighted by molar-refractivity contribution is 5.88. The van der Waals surface area contributed by atoms with Gasteiger partial charge in [0.1, 0.15) is 6.04 Å². The van der Waals surface area contributed by atoms with E-state index in [1.807, 2.05) is 97.9 Å². The molecule has 0 radical (unpaired) electrons. The van der Waals surface area contributed by atoms with Crippen LogP contribution in [0.1, 0.15) is 30.0 Å². The Labute approximate surface area is 184 Å². The molecule has 3 aromatic rings. The topological polar surface area (TPSA) is 49.4 Å². The lowest BCUT2D eigenvalue weighted by Crippen LogP contribution is -2.51. The summed E-state index contributed by atoms with van der Waals surface area (Å²) in [6.45, 7) is 3.01. The first kappa shape index (κ1) is 22.3. The zero-order valence-electron chi connectivity index (χ0n) is 18.0. The van der Waals surface area contributed by atoms with E-state index >= 15 is 0 Å². The van der Waals surface area contributed by atoms with E-state index in [1.54, 1.807) is 4.90 Å². The molecule has 0 aromatic heterocycles. The molecule has 0 unspecified atom stereocenters. The third-order valence-electron chi connectivity index (χ3n) is 5.21. The maximum absolute atomic E-state index is 13.5. The minimum atomic E-state index is -0.578. The number of hydrogen-bond acceptors (Lipinski definition) is 2. The number of carbonyl (C=O) groups is 2. The molecule has 3 aromatic carbocycles. The van der Waals surface area contributed by atoms with Crippen molar-refractivity contribution < 1.29 is 9.59 Å². The molecule has 0 fully saturated rings. The van der Waals surface area contributed by atoms with E-state index < -0.39 is 6.04 Å². The average molecular weight is 415 g/mol. The molecule has 0 bridgehead atoms. The summed E-state index contributed by atoms with van der Waals surface area (Å²) in [5.74, 6) is -0.161. The van der Waals surface area contributed by atoms with Gasteiger partial charge in [-0.3, -0.25) is 9.59 Å². The van der Waals surface area contributed by atoms with Gasteiger partial charge < -0.3 is 10.2 Å². The van der Waals surface area contributed by atoms with Crippen LogP contribution in [-0.4, -0.2) is 29.3 Å². The highest BCUT2D eigenvalue weighted by Crippen LogP contribution is 2.16. The number of hydrogen-bond donors (Lipinski definition) is 1. The molecule has 1 N–H and O–H groups in total. The van der Waals surface area contributed by atoms with E-state index in [4.69, 9.17) is 0 Å². The van der Waals surface area contributed by atoms with Gasteiger partial charge in [-0.25, -0.2) is 0 Å². The van der Waals surface area contributed by atoms with Crippen LogP contribution in [0.25, 0.3) is 0 Å². The second-order valence-corrected chi connectivity index (χ2v) is 7.67. The van der Waals surface area contributed by atoms with Gasteiger partial charge in [-0.05, 0) is 23.1 Å². The van der Waals surface area contributed by atoms with Crippen LogP contribution in [0.5, 0.6) is 0 Å². The Morgan fingerprint density at radius 2 is 1.29 bits per heavy atom. The van der Waals surface area contributed by atoms with Crippen molar-refractivity contribution in [3.05, 3.63) is 108 Å². The molecule has 0 saturated heterocycles. The quantitative estimate of drug-likeness (QED) is 0.535. The molecule has 0 heterocycles. The van der Waals surface area contributed by atoms with E-state index in [-0.39, 0.29) is 18.2 Å². The van der Waals surface area contributed by atoms with Gasteiger partial charge in [0.2, 0.25) is 11.8 Å². The van der Waals surface area contributed by atoms with Gasteiger partial charge in [0.15, 0.2) is 0 Å². The Kier molecular flexibility index (Phi) is 8.41. The summed E-state index contributed by atoms with van der Waals surface area (Å²) >= 11 is 0. The summed E-state index contributed by atoms with van der Waals surface area (Å²) in [5, 5.41) is 3.00. The maximum Gasteiger partial charge on any atom is 0.243 e. The standard InChI is InChI=1S/C27H30N2O2/c1-2-18-28-27(31)25(19-22-12-6-3-7-13-22)29(21-24-16-10-5-11-17-24)26(30)20-23-14-8-4-9-15-23/h3-17,25H,2,18-21H2,1H3,(H,28,31)/t25-/m0/s1.